The molecule has 12 heteroatoms. The topological polar surface area (TPSA) is 144 Å². The molecule has 1 aliphatic heterocycles. The summed E-state index contributed by atoms with van der Waals surface area (Å²) < 4.78 is 16.5. The van der Waals surface area contributed by atoms with Crippen LogP contribution in [-0.2, 0) is 41.6 Å². The van der Waals surface area contributed by atoms with Crippen molar-refractivity contribution in [2.75, 3.05) is 20.7 Å². The van der Waals surface area contributed by atoms with Crippen LogP contribution in [0.5, 0.6) is 0 Å². The molecule has 2 aromatic rings. The van der Waals surface area contributed by atoms with E-state index in [0.29, 0.717) is 5.56 Å². The lowest BCUT2D eigenvalue weighted by molar-refractivity contribution is -0.144. The first-order valence-electron chi connectivity index (χ1n) is 17.6. The van der Waals surface area contributed by atoms with Gasteiger partial charge in [0.1, 0.15) is 23.7 Å². The van der Waals surface area contributed by atoms with Crippen LogP contribution in [0.15, 0.2) is 48.5 Å². The molecule has 2 unspecified atom stereocenters. The highest BCUT2D eigenvalue weighted by atomic mass is 16.6. The number of rotatable bonds is 10. The van der Waals surface area contributed by atoms with Gasteiger partial charge in [0.25, 0.3) is 0 Å². The molecule has 1 saturated heterocycles. The van der Waals surface area contributed by atoms with Crippen molar-refractivity contribution in [3.8, 4) is 0 Å². The molecule has 12 nitrogen and oxygen atoms in total. The number of aryl methyl sites for hydroxylation is 1. The average molecular weight is 707 g/mol. The number of likely N-dealkylation sites (N-methyl/N-ethyl adjacent to an activating group) is 1. The van der Waals surface area contributed by atoms with Crippen LogP contribution in [-0.4, -0.2) is 90.1 Å². The molecule has 0 spiro atoms. The van der Waals surface area contributed by atoms with Gasteiger partial charge in [-0.3, -0.25) is 19.3 Å². The first-order valence-corrected chi connectivity index (χ1v) is 17.6. The maximum Gasteiger partial charge on any atom is 0.410 e. The summed E-state index contributed by atoms with van der Waals surface area (Å²) in [6.45, 7) is 12.7. The summed E-state index contributed by atoms with van der Waals surface area (Å²) in [5, 5.41) is 6.11. The third-order valence-corrected chi connectivity index (χ3v) is 9.44. The molecule has 0 bridgehead atoms. The first-order chi connectivity index (χ1) is 23.9. The minimum absolute atomic E-state index is 0.133. The smallest absolute Gasteiger partial charge is 0.410 e. The van der Waals surface area contributed by atoms with Crippen LogP contribution in [0.2, 0.25) is 0 Å². The zero-order valence-electron chi connectivity index (χ0n) is 31.4. The Hall–Kier alpha value is -4.45. The number of esters is 1. The number of carbonyl (C=O) groups is 5. The van der Waals surface area contributed by atoms with Gasteiger partial charge in [0.2, 0.25) is 17.7 Å². The van der Waals surface area contributed by atoms with Crippen molar-refractivity contribution in [2.45, 2.75) is 117 Å². The summed E-state index contributed by atoms with van der Waals surface area (Å²) in [6, 6.07) is 12.0. The maximum atomic E-state index is 14.5. The van der Waals surface area contributed by atoms with Gasteiger partial charge in [-0.1, -0.05) is 57.2 Å². The normalized spacial score (nSPS) is 20.0. The van der Waals surface area contributed by atoms with E-state index >= 15 is 0 Å². The van der Waals surface area contributed by atoms with E-state index in [4.69, 9.17) is 14.2 Å². The third-order valence-electron chi connectivity index (χ3n) is 9.44. The lowest BCUT2D eigenvalue weighted by Gasteiger charge is -2.37. The predicted octanol–water partition coefficient (Wildman–Crippen LogP) is 4.94. The van der Waals surface area contributed by atoms with Gasteiger partial charge in [-0.25, -0.2) is 9.59 Å². The van der Waals surface area contributed by atoms with Crippen LogP contribution in [0.1, 0.15) is 101 Å². The predicted molar refractivity (Wildman–Crippen MR) is 192 cm³/mol. The van der Waals surface area contributed by atoms with Gasteiger partial charge in [0, 0.05) is 20.0 Å². The van der Waals surface area contributed by atoms with Crippen LogP contribution in [0, 0.1) is 5.41 Å². The quantitative estimate of drug-likeness (QED) is 0.331. The largest absolute Gasteiger partial charge is 0.465 e. The summed E-state index contributed by atoms with van der Waals surface area (Å²) in [7, 11) is 2.80. The molecule has 51 heavy (non-hydrogen) atoms. The van der Waals surface area contributed by atoms with E-state index in [-0.39, 0.29) is 31.5 Å². The van der Waals surface area contributed by atoms with E-state index in [1.807, 2.05) is 39.0 Å². The Bertz CT molecular complexity index is 1580. The van der Waals surface area contributed by atoms with Gasteiger partial charge >= 0.3 is 12.1 Å². The number of nitrogens with one attached hydrogen (secondary N) is 2. The Kier molecular flexibility index (Phi) is 12.5. The van der Waals surface area contributed by atoms with Crippen molar-refractivity contribution in [2.24, 2.45) is 5.41 Å². The van der Waals surface area contributed by atoms with E-state index in [1.165, 1.54) is 29.5 Å². The molecule has 1 aliphatic carbocycles. The van der Waals surface area contributed by atoms with Crippen molar-refractivity contribution in [1.29, 1.82) is 0 Å². The fourth-order valence-electron chi connectivity index (χ4n) is 6.40. The summed E-state index contributed by atoms with van der Waals surface area (Å²) in [5.74, 6) is -1.66. The number of hydrogen-bond acceptors (Lipinski definition) is 8. The molecule has 0 radical (unpaired) electrons. The van der Waals surface area contributed by atoms with Crippen molar-refractivity contribution in [3.05, 3.63) is 70.8 Å². The molecule has 0 saturated carbocycles. The zero-order valence-corrected chi connectivity index (χ0v) is 31.4. The van der Waals surface area contributed by atoms with Crippen molar-refractivity contribution < 1.29 is 38.2 Å². The van der Waals surface area contributed by atoms with Crippen molar-refractivity contribution in [1.82, 2.24) is 20.4 Å². The number of nitrogens with zero attached hydrogens (tertiary/aromatic N) is 2. The van der Waals surface area contributed by atoms with Crippen LogP contribution in [0.4, 0.5) is 4.79 Å². The monoisotopic (exact) mass is 706 g/mol. The van der Waals surface area contributed by atoms with Gasteiger partial charge in [0.15, 0.2) is 0 Å². The number of fused-ring (bicyclic) bond motifs is 1. The number of ether oxygens (including phenoxy) is 3. The third kappa shape index (κ3) is 10.1. The van der Waals surface area contributed by atoms with E-state index in [2.05, 4.69) is 16.7 Å². The Balaban J connectivity index is 1.55. The zero-order chi connectivity index (χ0) is 37.7. The highest BCUT2D eigenvalue weighted by Gasteiger charge is 2.46. The number of hydrogen-bond donors (Lipinski definition) is 2. The number of carbonyl (C=O) groups excluding carboxylic acids is 5. The fraction of sp³-hybridized carbons (Fsp3) is 0.564. The Morgan fingerprint density at radius 3 is 2.27 bits per heavy atom. The number of likely N-dealkylation sites (tertiary alicyclic amines) is 1. The Labute approximate surface area is 301 Å². The van der Waals surface area contributed by atoms with E-state index in [9.17, 15) is 24.0 Å². The van der Waals surface area contributed by atoms with Crippen LogP contribution < -0.4 is 10.6 Å². The van der Waals surface area contributed by atoms with Crippen LogP contribution >= 0.6 is 0 Å². The lowest BCUT2D eigenvalue weighted by Crippen LogP contribution is -2.60. The number of benzene rings is 2. The molecule has 2 N–H and O–H groups in total. The summed E-state index contributed by atoms with van der Waals surface area (Å²) >= 11 is 0. The highest BCUT2D eigenvalue weighted by molar-refractivity contribution is 5.95. The number of amides is 4. The van der Waals surface area contributed by atoms with Crippen molar-refractivity contribution in [3.63, 3.8) is 0 Å². The standard InChI is InChI=1S/C39H54N4O8/c1-24(42(8)37(48)51-39(5,6)7)33(44)41-32(38(2,3)4)35(46)43-22-28(50-23-25-17-19-27(20-18-25)36(47)49-9)21-31(43)34(45)40-30-16-12-14-26-13-10-11-15-29(26)30/h10-11,13,15,17-20,24,28,30-32H,12,14,16,21-23H2,1-9H3,(H,40,45)(H,41,44)/t24-,28?,30+,31-,32?/m0/s1. The van der Waals surface area contributed by atoms with E-state index in [0.717, 1.165) is 30.4 Å². The molecular formula is C39H54N4O8. The Morgan fingerprint density at radius 2 is 1.65 bits per heavy atom. The molecule has 278 valence electrons. The maximum absolute atomic E-state index is 14.5. The van der Waals surface area contributed by atoms with Gasteiger partial charge in [-0.15, -0.1) is 0 Å². The second kappa shape index (κ2) is 16.3. The van der Waals surface area contributed by atoms with Gasteiger partial charge in [-0.05, 0) is 81.2 Å². The SMILES string of the molecule is COC(=O)c1ccc(COC2C[C@@H](C(=O)N[C@@H]3CCCc4ccccc43)N(C(=O)C(NC(=O)[C@H](C)N(C)C(=O)OC(C)(C)C)C(C)(C)C)C2)cc1. The molecule has 4 amide bonds. The van der Waals surface area contributed by atoms with Gasteiger partial charge in [0.05, 0.1) is 31.4 Å². The highest BCUT2D eigenvalue weighted by Crippen LogP contribution is 2.32. The second-order valence-electron chi connectivity index (χ2n) is 15.6. The van der Waals surface area contributed by atoms with Crippen LogP contribution in [0.3, 0.4) is 0 Å². The molecule has 0 aromatic heterocycles. The molecule has 2 aliphatic rings. The van der Waals surface area contributed by atoms with E-state index in [1.54, 1.807) is 52.0 Å². The molecular weight excluding hydrogens is 652 g/mol. The van der Waals surface area contributed by atoms with Crippen LogP contribution in [0.25, 0.3) is 0 Å². The molecule has 1 heterocycles. The minimum atomic E-state index is -1.02. The molecule has 1 fully saturated rings. The summed E-state index contributed by atoms with van der Waals surface area (Å²) in [5.41, 5.74) is 2.02. The van der Waals surface area contributed by atoms with E-state index < -0.39 is 59.1 Å². The number of methoxy groups -OCH3 is 1. The minimum Gasteiger partial charge on any atom is -0.465 e. The van der Waals surface area contributed by atoms with Gasteiger partial charge < -0.3 is 29.7 Å². The fourth-order valence-corrected chi connectivity index (χ4v) is 6.40. The molecule has 5 atom stereocenters. The first kappa shape index (κ1) is 39.3. The molecule has 4 rings (SSSR count). The average Bonchev–Trinajstić information content (AvgIpc) is 3.52. The second-order valence-corrected chi connectivity index (χ2v) is 15.6. The summed E-state index contributed by atoms with van der Waals surface area (Å²) in [6.07, 6.45) is 1.79. The summed E-state index contributed by atoms with van der Waals surface area (Å²) in [4.78, 5) is 69.5. The van der Waals surface area contributed by atoms with Gasteiger partial charge in [-0.2, -0.15) is 0 Å². The Morgan fingerprint density at radius 1 is 0.980 bits per heavy atom. The molecule has 2 aromatic carbocycles. The lowest BCUT2D eigenvalue weighted by atomic mass is 9.85. The van der Waals surface area contributed by atoms with Crippen molar-refractivity contribution >= 4 is 29.8 Å².